The lowest BCUT2D eigenvalue weighted by Crippen LogP contribution is -2.40. The SMILES string of the molecule is CC(=O)NC(C)(C)c1ccc(Oc2nc3nc(-c4ccc(C5=CCC(N)CC5)cc4)c(Cl)cc3[nH]2)cn1. The number of pyridine rings is 2. The molecule has 0 saturated heterocycles. The number of benzene rings is 1. The number of hydrogen-bond acceptors (Lipinski definition) is 6. The Hall–Kier alpha value is -3.75. The van der Waals surface area contributed by atoms with Gasteiger partial charge in [0, 0.05) is 18.5 Å². The van der Waals surface area contributed by atoms with E-state index in [0.29, 0.717) is 33.3 Å². The zero-order valence-electron chi connectivity index (χ0n) is 21.0. The van der Waals surface area contributed by atoms with Crippen molar-refractivity contribution in [1.29, 1.82) is 0 Å². The fraction of sp³-hybridized carbons (Fsp3) is 0.286. The Morgan fingerprint density at radius 1 is 1.16 bits per heavy atom. The van der Waals surface area contributed by atoms with Crippen LogP contribution in [0.2, 0.25) is 5.02 Å². The quantitative estimate of drug-likeness (QED) is 0.301. The van der Waals surface area contributed by atoms with E-state index >= 15 is 0 Å². The van der Waals surface area contributed by atoms with Crippen LogP contribution in [0.1, 0.15) is 51.3 Å². The maximum absolute atomic E-state index is 11.5. The highest BCUT2D eigenvalue weighted by molar-refractivity contribution is 6.33. The molecule has 1 unspecified atom stereocenters. The molecule has 1 amide bonds. The first-order valence-corrected chi connectivity index (χ1v) is 12.6. The molecule has 3 aromatic heterocycles. The predicted octanol–water partition coefficient (Wildman–Crippen LogP) is 5.73. The van der Waals surface area contributed by atoms with Crippen LogP contribution in [0.25, 0.3) is 28.0 Å². The number of carbonyl (C=O) groups is 1. The van der Waals surface area contributed by atoms with Gasteiger partial charge < -0.3 is 20.8 Å². The summed E-state index contributed by atoms with van der Waals surface area (Å²) >= 11 is 6.59. The summed E-state index contributed by atoms with van der Waals surface area (Å²) in [7, 11) is 0. The van der Waals surface area contributed by atoms with E-state index in [0.717, 1.165) is 24.8 Å². The molecule has 1 aromatic carbocycles. The summed E-state index contributed by atoms with van der Waals surface area (Å²) in [5, 5.41) is 3.40. The number of hydrogen-bond donors (Lipinski definition) is 3. The van der Waals surface area contributed by atoms with Gasteiger partial charge in [-0.25, -0.2) is 4.98 Å². The first kappa shape index (κ1) is 24.9. The zero-order valence-corrected chi connectivity index (χ0v) is 21.8. The first-order chi connectivity index (χ1) is 17.7. The molecule has 4 N–H and O–H groups in total. The highest BCUT2D eigenvalue weighted by Crippen LogP contribution is 2.33. The second kappa shape index (κ2) is 9.95. The van der Waals surface area contributed by atoms with Crippen molar-refractivity contribution in [1.82, 2.24) is 25.3 Å². The number of allylic oxidation sites excluding steroid dienone is 1. The van der Waals surface area contributed by atoms with Crippen molar-refractivity contribution >= 4 is 34.2 Å². The van der Waals surface area contributed by atoms with Gasteiger partial charge in [-0.2, -0.15) is 4.98 Å². The van der Waals surface area contributed by atoms with Crippen molar-refractivity contribution in [3.63, 3.8) is 0 Å². The van der Waals surface area contributed by atoms with Gasteiger partial charge in [-0.3, -0.25) is 9.78 Å². The van der Waals surface area contributed by atoms with E-state index < -0.39 is 5.54 Å². The summed E-state index contributed by atoms with van der Waals surface area (Å²) < 4.78 is 5.87. The smallest absolute Gasteiger partial charge is 0.301 e. The highest BCUT2D eigenvalue weighted by atomic mass is 35.5. The normalized spacial score (nSPS) is 15.9. The second-order valence-corrected chi connectivity index (χ2v) is 10.3. The van der Waals surface area contributed by atoms with E-state index in [1.807, 2.05) is 32.0 Å². The third-order valence-corrected chi connectivity index (χ3v) is 6.75. The molecule has 3 heterocycles. The summed E-state index contributed by atoms with van der Waals surface area (Å²) in [4.78, 5) is 28.2. The Morgan fingerprint density at radius 2 is 1.92 bits per heavy atom. The lowest BCUT2D eigenvalue weighted by atomic mass is 9.90. The number of aromatic amines is 1. The monoisotopic (exact) mass is 516 g/mol. The minimum atomic E-state index is -0.597. The van der Waals surface area contributed by atoms with Crippen LogP contribution in [-0.2, 0) is 10.3 Å². The van der Waals surface area contributed by atoms with Crippen LogP contribution in [0, 0.1) is 0 Å². The number of nitrogens with two attached hydrogens (primary N) is 1. The van der Waals surface area contributed by atoms with Gasteiger partial charge in [0.2, 0.25) is 5.91 Å². The number of halogens is 1. The lowest BCUT2D eigenvalue weighted by molar-refractivity contribution is -0.120. The Morgan fingerprint density at radius 3 is 2.57 bits per heavy atom. The summed E-state index contributed by atoms with van der Waals surface area (Å²) in [6.45, 7) is 5.26. The van der Waals surface area contributed by atoms with Gasteiger partial charge in [-0.1, -0.05) is 41.9 Å². The van der Waals surface area contributed by atoms with Gasteiger partial charge in [0.1, 0.15) is 5.75 Å². The molecule has 190 valence electrons. The number of H-pyrrole nitrogens is 1. The van der Waals surface area contributed by atoms with Crippen molar-refractivity contribution in [3.05, 3.63) is 71.0 Å². The van der Waals surface area contributed by atoms with Gasteiger partial charge in [0.05, 0.1) is 33.7 Å². The number of rotatable bonds is 6. The number of fused-ring (bicyclic) bond motifs is 1. The van der Waals surface area contributed by atoms with Crippen molar-refractivity contribution in [2.45, 2.75) is 51.6 Å². The van der Waals surface area contributed by atoms with Crippen LogP contribution in [0.4, 0.5) is 0 Å². The molecule has 0 bridgehead atoms. The fourth-order valence-corrected chi connectivity index (χ4v) is 4.79. The van der Waals surface area contributed by atoms with E-state index in [1.54, 1.807) is 18.3 Å². The van der Waals surface area contributed by atoms with Crippen molar-refractivity contribution < 1.29 is 9.53 Å². The van der Waals surface area contributed by atoms with E-state index in [4.69, 9.17) is 27.1 Å². The Balaban J connectivity index is 1.34. The van der Waals surface area contributed by atoms with Gasteiger partial charge in [0.15, 0.2) is 5.65 Å². The van der Waals surface area contributed by atoms with Crippen LogP contribution >= 0.6 is 11.6 Å². The van der Waals surface area contributed by atoms with E-state index in [-0.39, 0.29) is 18.0 Å². The highest BCUT2D eigenvalue weighted by Gasteiger charge is 2.23. The Kier molecular flexibility index (Phi) is 6.70. The Bertz CT molecular complexity index is 1480. The molecule has 9 heteroatoms. The summed E-state index contributed by atoms with van der Waals surface area (Å²) in [6, 6.07) is 14.2. The molecule has 0 saturated carbocycles. The molecule has 8 nitrogen and oxygen atoms in total. The van der Waals surface area contributed by atoms with E-state index in [1.165, 1.54) is 18.1 Å². The number of imidazole rings is 1. The maximum atomic E-state index is 11.5. The molecular formula is C28H29ClN6O2. The van der Waals surface area contributed by atoms with Crippen LogP contribution < -0.4 is 15.8 Å². The molecule has 0 aliphatic heterocycles. The van der Waals surface area contributed by atoms with Crippen molar-refractivity contribution in [2.75, 3.05) is 0 Å². The van der Waals surface area contributed by atoms with Gasteiger partial charge >= 0.3 is 6.01 Å². The Labute approximate surface area is 220 Å². The van der Waals surface area contributed by atoms with Crippen molar-refractivity contribution in [3.8, 4) is 23.0 Å². The average Bonchev–Trinajstić information content (AvgIpc) is 3.24. The number of aromatic nitrogens is 4. The maximum Gasteiger partial charge on any atom is 0.301 e. The summed E-state index contributed by atoms with van der Waals surface area (Å²) in [5.41, 5.74) is 11.4. The van der Waals surface area contributed by atoms with Crippen LogP contribution in [0.5, 0.6) is 11.8 Å². The van der Waals surface area contributed by atoms with Crippen LogP contribution in [0.15, 0.2) is 54.7 Å². The van der Waals surface area contributed by atoms with Crippen molar-refractivity contribution in [2.24, 2.45) is 5.73 Å². The molecule has 0 radical (unpaired) electrons. The minimum absolute atomic E-state index is 0.123. The average molecular weight is 517 g/mol. The zero-order chi connectivity index (χ0) is 26.2. The van der Waals surface area contributed by atoms with Gasteiger partial charge in [-0.15, -0.1) is 0 Å². The minimum Gasteiger partial charge on any atom is -0.424 e. The third-order valence-electron chi connectivity index (χ3n) is 6.47. The largest absolute Gasteiger partial charge is 0.424 e. The summed E-state index contributed by atoms with van der Waals surface area (Å²) in [6.07, 6.45) is 6.75. The third kappa shape index (κ3) is 5.50. The number of carbonyl (C=O) groups excluding carboxylic acids is 1. The molecule has 37 heavy (non-hydrogen) atoms. The first-order valence-electron chi connectivity index (χ1n) is 12.2. The molecule has 0 fully saturated rings. The van der Waals surface area contributed by atoms with Gasteiger partial charge in [-0.05, 0) is 62.4 Å². The number of ether oxygens (including phenoxy) is 1. The van der Waals surface area contributed by atoms with Gasteiger partial charge in [0.25, 0.3) is 0 Å². The van der Waals surface area contributed by atoms with E-state index in [2.05, 4.69) is 38.5 Å². The fourth-order valence-electron chi connectivity index (χ4n) is 4.53. The second-order valence-electron chi connectivity index (χ2n) is 9.86. The summed E-state index contributed by atoms with van der Waals surface area (Å²) in [5.74, 6) is 0.379. The lowest BCUT2D eigenvalue weighted by Gasteiger charge is -2.24. The molecule has 1 aliphatic carbocycles. The molecule has 0 spiro atoms. The molecule has 4 aromatic rings. The van der Waals surface area contributed by atoms with Crippen LogP contribution in [0.3, 0.4) is 0 Å². The van der Waals surface area contributed by atoms with E-state index in [9.17, 15) is 4.79 Å². The predicted molar refractivity (Wildman–Crippen MR) is 145 cm³/mol. The standard InChI is InChI=1S/C28H29ClN6O2/c1-16(36)35-28(2,3)24-13-12-21(15-31-24)37-27-32-23-14-22(29)25(33-26(23)34-27)19-6-4-17(5-7-19)18-8-10-20(30)11-9-18/h4-8,12-15,20H,9-11,30H2,1-3H3,(H,35,36)(H,32,33,34). The molecule has 1 aliphatic rings. The number of nitrogens with one attached hydrogen (secondary N) is 2. The molecule has 5 rings (SSSR count). The topological polar surface area (TPSA) is 119 Å². The number of nitrogens with zero attached hydrogens (tertiary/aromatic N) is 3. The molecule has 1 atom stereocenters. The number of amides is 1. The molecular weight excluding hydrogens is 488 g/mol. The van der Waals surface area contributed by atoms with Crippen LogP contribution in [-0.4, -0.2) is 31.9 Å².